The van der Waals surface area contributed by atoms with Crippen LogP contribution in [-0.2, 0) is 4.89 Å². The molecule has 0 radical (unpaired) electrons. The van der Waals surface area contributed by atoms with Gasteiger partial charge >= 0.3 is 0 Å². The van der Waals surface area contributed by atoms with Crippen LogP contribution in [0.3, 0.4) is 0 Å². The van der Waals surface area contributed by atoms with E-state index in [0.717, 1.165) is 5.56 Å². The van der Waals surface area contributed by atoms with Gasteiger partial charge < -0.3 is 0 Å². The molecule has 0 spiro atoms. The Bertz CT molecular complexity index is 307. The van der Waals surface area contributed by atoms with Crippen LogP contribution in [-0.4, -0.2) is 11.2 Å². The highest BCUT2D eigenvalue weighted by Gasteiger charge is 2.37. The van der Waals surface area contributed by atoms with Gasteiger partial charge in [0.05, 0.1) is 0 Å². The summed E-state index contributed by atoms with van der Waals surface area (Å²) in [4.78, 5) is 3.81. The summed E-state index contributed by atoms with van der Waals surface area (Å²) in [6, 6.07) is 6.47. The van der Waals surface area contributed by atoms with Gasteiger partial charge in [-0.15, -0.1) is 0 Å². The predicted molar refractivity (Wildman–Crippen MR) is 48.3 cm³/mol. The molecule has 4 heteroatoms. The zero-order chi connectivity index (χ0) is 10.8. The van der Waals surface area contributed by atoms with Crippen molar-refractivity contribution in [3.8, 4) is 0 Å². The summed E-state index contributed by atoms with van der Waals surface area (Å²) in [6.07, 6.45) is -1.61. The van der Waals surface area contributed by atoms with Crippen molar-refractivity contribution in [2.75, 3.05) is 0 Å². The van der Waals surface area contributed by atoms with Crippen molar-refractivity contribution in [3.05, 3.63) is 35.4 Å². The maximum absolute atomic E-state index is 12.9. The molecule has 1 aromatic carbocycles. The van der Waals surface area contributed by atoms with Crippen LogP contribution in [0.15, 0.2) is 24.3 Å². The largest absolute Gasteiger partial charge is 0.278 e. The van der Waals surface area contributed by atoms with Crippen molar-refractivity contribution in [1.82, 2.24) is 0 Å². The molecule has 0 fully saturated rings. The molecular formula is C10H12F2O2. The molecule has 1 unspecified atom stereocenters. The summed E-state index contributed by atoms with van der Waals surface area (Å²) >= 11 is 0. The van der Waals surface area contributed by atoms with Gasteiger partial charge in [-0.3, -0.25) is 5.26 Å². The molecule has 1 atom stereocenters. The third-order valence-corrected chi connectivity index (χ3v) is 1.91. The summed E-state index contributed by atoms with van der Waals surface area (Å²) in [5, 5.41) is 8.43. The van der Waals surface area contributed by atoms with E-state index in [9.17, 15) is 8.78 Å². The third-order valence-electron chi connectivity index (χ3n) is 1.91. The average Bonchev–Trinajstić information content (AvgIpc) is 2.02. The van der Waals surface area contributed by atoms with Gasteiger partial charge in [-0.05, 0) is 12.5 Å². The van der Waals surface area contributed by atoms with Gasteiger partial charge in [0.1, 0.15) is 0 Å². The number of aryl methyl sites for hydroxylation is 1. The highest BCUT2D eigenvalue weighted by molar-refractivity contribution is 5.25. The Hall–Kier alpha value is -1.00. The molecule has 2 nitrogen and oxygen atoms in total. The topological polar surface area (TPSA) is 29.5 Å². The van der Waals surface area contributed by atoms with Crippen molar-refractivity contribution in [2.24, 2.45) is 0 Å². The van der Waals surface area contributed by atoms with Crippen molar-refractivity contribution in [1.29, 1.82) is 0 Å². The first-order valence-electron chi connectivity index (χ1n) is 4.19. The lowest BCUT2D eigenvalue weighted by Gasteiger charge is -2.20. The molecule has 1 N–H and O–H groups in total. The SMILES string of the molecule is Cc1cccc(C(OO)C(C)(F)F)c1. The maximum atomic E-state index is 12.9. The molecule has 0 bridgehead atoms. The van der Waals surface area contributed by atoms with Crippen molar-refractivity contribution in [3.63, 3.8) is 0 Å². The number of hydrogen-bond donors (Lipinski definition) is 1. The second kappa shape index (κ2) is 4.02. The highest BCUT2D eigenvalue weighted by Crippen LogP contribution is 2.33. The van der Waals surface area contributed by atoms with Crippen LogP contribution in [0.5, 0.6) is 0 Å². The summed E-state index contributed by atoms with van der Waals surface area (Å²) in [6.45, 7) is 2.49. The fourth-order valence-corrected chi connectivity index (χ4v) is 1.28. The molecule has 0 aliphatic rings. The van der Waals surface area contributed by atoms with Gasteiger partial charge in [0.2, 0.25) is 0 Å². The molecule has 14 heavy (non-hydrogen) atoms. The Labute approximate surface area is 81.1 Å². The minimum absolute atomic E-state index is 0.264. The van der Waals surface area contributed by atoms with E-state index in [-0.39, 0.29) is 5.56 Å². The van der Waals surface area contributed by atoms with E-state index in [1.165, 1.54) is 6.07 Å². The van der Waals surface area contributed by atoms with E-state index in [4.69, 9.17) is 5.26 Å². The van der Waals surface area contributed by atoms with Crippen LogP contribution < -0.4 is 0 Å². The Kier molecular flexibility index (Phi) is 3.18. The van der Waals surface area contributed by atoms with Gasteiger partial charge in [-0.25, -0.2) is 13.7 Å². The van der Waals surface area contributed by atoms with Crippen molar-refractivity contribution in [2.45, 2.75) is 25.9 Å². The first-order chi connectivity index (χ1) is 6.45. The fraction of sp³-hybridized carbons (Fsp3) is 0.400. The smallest absolute Gasteiger partial charge is 0.251 e. The van der Waals surface area contributed by atoms with Crippen LogP contribution >= 0.6 is 0 Å². The first kappa shape index (κ1) is 11.1. The minimum Gasteiger partial charge on any atom is -0.251 e. The summed E-state index contributed by atoms with van der Waals surface area (Å²) in [5.74, 6) is -3.11. The van der Waals surface area contributed by atoms with Gasteiger partial charge in [0.15, 0.2) is 6.10 Å². The lowest BCUT2D eigenvalue weighted by Crippen LogP contribution is -2.24. The number of benzene rings is 1. The van der Waals surface area contributed by atoms with Crippen LogP contribution in [0.2, 0.25) is 0 Å². The molecule has 0 amide bonds. The summed E-state index contributed by atoms with van der Waals surface area (Å²) in [7, 11) is 0. The maximum Gasteiger partial charge on any atom is 0.278 e. The Morgan fingerprint density at radius 2 is 2.07 bits per heavy atom. The Morgan fingerprint density at radius 3 is 2.50 bits per heavy atom. The van der Waals surface area contributed by atoms with Gasteiger partial charge in [0.25, 0.3) is 5.92 Å². The van der Waals surface area contributed by atoms with Crippen LogP contribution in [0.25, 0.3) is 0 Å². The molecule has 78 valence electrons. The molecule has 0 saturated heterocycles. The quantitative estimate of drug-likeness (QED) is 0.602. The lowest BCUT2D eigenvalue weighted by atomic mass is 10.0. The normalized spacial score (nSPS) is 14.1. The van der Waals surface area contributed by atoms with E-state index >= 15 is 0 Å². The summed E-state index contributed by atoms with van der Waals surface area (Å²) in [5.41, 5.74) is 1.11. The van der Waals surface area contributed by atoms with Crippen LogP contribution in [0, 0.1) is 6.92 Å². The minimum atomic E-state index is -3.11. The molecule has 1 aromatic rings. The summed E-state index contributed by atoms with van der Waals surface area (Å²) < 4.78 is 25.8. The van der Waals surface area contributed by atoms with E-state index in [0.29, 0.717) is 6.92 Å². The highest BCUT2D eigenvalue weighted by atomic mass is 19.3. The van der Waals surface area contributed by atoms with Gasteiger partial charge in [-0.1, -0.05) is 29.8 Å². The van der Waals surface area contributed by atoms with E-state index in [1.807, 2.05) is 0 Å². The van der Waals surface area contributed by atoms with E-state index in [1.54, 1.807) is 25.1 Å². The zero-order valence-electron chi connectivity index (χ0n) is 8.00. The number of rotatable bonds is 3. The van der Waals surface area contributed by atoms with Crippen molar-refractivity contribution < 1.29 is 18.9 Å². The van der Waals surface area contributed by atoms with Crippen LogP contribution in [0.1, 0.15) is 24.2 Å². The number of alkyl halides is 2. The second-order valence-corrected chi connectivity index (χ2v) is 3.36. The zero-order valence-corrected chi connectivity index (χ0v) is 8.00. The molecule has 0 saturated carbocycles. The van der Waals surface area contributed by atoms with Gasteiger partial charge in [-0.2, -0.15) is 0 Å². The molecular weight excluding hydrogens is 190 g/mol. The molecule has 0 heterocycles. The fourth-order valence-electron chi connectivity index (χ4n) is 1.28. The number of halogens is 2. The van der Waals surface area contributed by atoms with Gasteiger partial charge in [0, 0.05) is 6.92 Å². The third kappa shape index (κ3) is 2.49. The standard InChI is InChI=1S/C10H12F2O2/c1-7-4-3-5-8(6-7)9(14-13)10(2,11)12/h3-6,9,13H,1-2H3. The molecule has 0 aliphatic heterocycles. The first-order valence-corrected chi connectivity index (χ1v) is 4.19. The van der Waals surface area contributed by atoms with Crippen molar-refractivity contribution >= 4 is 0 Å². The molecule has 0 aliphatic carbocycles. The van der Waals surface area contributed by atoms with E-state index < -0.39 is 12.0 Å². The number of hydrogen-bond acceptors (Lipinski definition) is 2. The monoisotopic (exact) mass is 202 g/mol. The van der Waals surface area contributed by atoms with Crippen LogP contribution in [0.4, 0.5) is 8.78 Å². The Morgan fingerprint density at radius 1 is 1.43 bits per heavy atom. The molecule has 0 aromatic heterocycles. The van der Waals surface area contributed by atoms with E-state index in [2.05, 4.69) is 4.89 Å². The Balaban J connectivity index is 3.01. The lowest BCUT2D eigenvalue weighted by molar-refractivity contribution is -0.324. The predicted octanol–water partition coefficient (Wildman–Crippen LogP) is 3.18. The second-order valence-electron chi connectivity index (χ2n) is 3.36. The molecule has 1 rings (SSSR count). The average molecular weight is 202 g/mol.